The van der Waals surface area contributed by atoms with Crippen molar-refractivity contribution in [1.82, 2.24) is 15.5 Å². The summed E-state index contributed by atoms with van der Waals surface area (Å²) in [6, 6.07) is 18.1. The number of hydrogen-bond donors (Lipinski definition) is 2. The van der Waals surface area contributed by atoms with Crippen LogP contribution in [0.3, 0.4) is 0 Å². The van der Waals surface area contributed by atoms with Gasteiger partial charge in [-0.1, -0.05) is 65.7 Å². The number of anilines is 1. The van der Waals surface area contributed by atoms with Gasteiger partial charge in [-0.25, -0.2) is 8.42 Å². The van der Waals surface area contributed by atoms with Crippen molar-refractivity contribution in [2.45, 2.75) is 43.2 Å². The lowest BCUT2D eigenvalue weighted by Crippen LogP contribution is -2.49. The molecule has 5 rings (SSSR count). The number of benzene rings is 3. The first-order chi connectivity index (χ1) is 19.7. The van der Waals surface area contributed by atoms with Crippen LogP contribution in [0.2, 0.25) is 10.0 Å². The van der Waals surface area contributed by atoms with Gasteiger partial charge >= 0.3 is 0 Å². The third-order valence-electron chi connectivity index (χ3n) is 7.71. The van der Waals surface area contributed by atoms with E-state index in [1.54, 1.807) is 12.1 Å². The zero-order valence-electron chi connectivity index (χ0n) is 22.6. The quantitative estimate of drug-likeness (QED) is 0.371. The predicted octanol–water partition coefficient (Wildman–Crippen LogP) is 5.02. The highest BCUT2D eigenvalue weighted by Gasteiger charge is 2.40. The minimum Gasteiger partial charge on any atom is -0.347 e. The number of hydrogen-bond acceptors (Lipinski definition) is 5. The summed E-state index contributed by atoms with van der Waals surface area (Å²) in [7, 11) is -4.19. The van der Waals surface area contributed by atoms with Crippen LogP contribution in [0.1, 0.15) is 37.8 Å². The third-order valence-corrected chi connectivity index (χ3v) is 10.3. The number of halogens is 2. The largest absolute Gasteiger partial charge is 0.347 e. The van der Waals surface area contributed by atoms with Gasteiger partial charge in [0.15, 0.2) is 0 Å². The normalized spacial score (nSPS) is 17.0. The van der Waals surface area contributed by atoms with Crippen molar-refractivity contribution < 1.29 is 18.0 Å². The van der Waals surface area contributed by atoms with Crippen molar-refractivity contribution in [2.75, 3.05) is 30.5 Å². The molecule has 0 bridgehead atoms. The molecule has 216 valence electrons. The number of fused-ring (bicyclic) bond motifs is 3. The molecule has 1 fully saturated rings. The molecule has 2 aliphatic heterocycles. The number of amides is 2. The maximum absolute atomic E-state index is 14.2. The number of carbonyl (C=O) groups is 2. The molecule has 1 saturated heterocycles. The molecule has 3 aromatic rings. The topological polar surface area (TPSA) is 98.8 Å². The second-order valence-corrected chi connectivity index (χ2v) is 12.8. The Kier molecular flexibility index (Phi) is 8.89. The highest BCUT2D eigenvalue weighted by Crippen LogP contribution is 2.48. The molecule has 2 N–H and O–H groups in total. The Bertz CT molecular complexity index is 1560. The fraction of sp³-hybridized carbons (Fsp3) is 0.333. The molecule has 2 aliphatic rings. The molecule has 0 spiro atoms. The Morgan fingerprint density at radius 1 is 0.976 bits per heavy atom. The maximum Gasteiger partial charge on any atom is 0.264 e. The molecule has 0 aromatic heterocycles. The van der Waals surface area contributed by atoms with Gasteiger partial charge in [-0.3, -0.25) is 13.9 Å². The molecule has 3 aromatic carbocycles. The lowest BCUT2D eigenvalue weighted by atomic mass is 9.88. The first-order valence-electron chi connectivity index (χ1n) is 13.7. The van der Waals surface area contributed by atoms with Crippen molar-refractivity contribution in [3.05, 3.63) is 82.3 Å². The number of nitrogens with one attached hydrogen (secondary N) is 2. The van der Waals surface area contributed by atoms with Gasteiger partial charge < -0.3 is 15.5 Å². The molecule has 0 aliphatic carbocycles. The van der Waals surface area contributed by atoms with E-state index in [-0.39, 0.29) is 39.9 Å². The third kappa shape index (κ3) is 5.95. The maximum atomic E-state index is 14.2. The molecule has 1 atom stereocenters. The summed E-state index contributed by atoms with van der Waals surface area (Å²) in [6.45, 7) is 4.05. The van der Waals surface area contributed by atoms with Crippen LogP contribution in [0.4, 0.5) is 5.69 Å². The molecule has 11 heteroatoms. The Morgan fingerprint density at radius 3 is 2.37 bits per heavy atom. The Hall–Kier alpha value is -3.11. The van der Waals surface area contributed by atoms with Crippen LogP contribution in [0.5, 0.6) is 0 Å². The molecule has 8 nitrogen and oxygen atoms in total. The van der Waals surface area contributed by atoms with E-state index in [1.807, 2.05) is 48.2 Å². The van der Waals surface area contributed by atoms with Crippen LogP contribution in [-0.2, 0) is 19.6 Å². The zero-order chi connectivity index (χ0) is 29.1. The molecule has 2 amide bonds. The molecule has 0 saturated carbocycles. The van der Waals surface area contributed by atoms with Crippen molar-refractivity contribution >= 4 is 50.7 Å². The van der Waals surface area contributed by atoms with Crippen molar-refractivity contribution in [2.24, 2.45) is 0 Å². The minimum atomic E-state index is -4.19. The van der Waals surface area contributed by atoms with E-state index in [4.69, 9.17) is 23.2 Å². The Morgan fingerprint density at radius 2 is 1.66 bits per heavy atom. The first-order valence-corrected chi connectivity index (χ1v) is 15.9. The number of para-hydroxylation sites is 1. The van der Waals surface area contributed by atoms with Crippen LogP contribution in [0.25, 0.3) is 11.1 Å². The highest BCUT2D eigenvalue weighted by molar-refractivity contribution is 7.92. The van der Waals surface area contributed by atoms with Crippen LogP contribution in [0, 0.1) is 0 Å². The molecule has 2 heterocycles. The van der Waals surface area contributed by atoms with Gasteiger partial charge in [0.25, 0.3) is 10.0 Å². The standard InChI is InChI=1S/C30H32Cl2N4O4S/c1-2-35(20-13-15-33-16-14-20)30(38)19-34-29(37)18-28-24-9-4-3-7-22(24)23-8-5-6-10-27(23)36(28)41(39,40)21-11-12-25(31)26(32)17-21/h3-12,17,20,28,33H,2,13-16,18-19H2,1H3,(H,34,37). The van der Waals surface area contributed by atoms with E-state index in [0.717, 1.165) is 37.1 Å². The van der Waals surface area contributed by atoms with Gasteiger partial charge in [-0.15, -0.1) is 0 Å². The summed E-state index contributed by atoms with van der Waals surface area (Å²) in [5.41, 5.74) is 2.73. The van der Waals surface area contributed by atoms with Gasteiger partial charge in [-0.2, -0.15) is 0 Å². The molecule has 41 heavy (non-hydrogen) atoms. The van der Waals surface area contributed by atoms with E-state index in [2.05, 4.69) is 10.6 Å². The smallest absolute Gasteiger partial charge is 0.264 e. The first kappa shape index (κ1) is 29.4. The van der Waals surface area contributed by atoms with Gasteiger partial charge in [0.05, 0.1) is 39.6 Å². The Labute approximate surface area is 250 Å². The van der Waals surface area contributed by atoms with Gasteiger partial charge in [0.1, 0.15) is 0 Å². The number of carbonyl (C=O) groups excluding carboxylic acids is 2. The number of piperidine rings is 1. The average molecular weight is 616 g/mol. The number of nitrogens with zero attached hydrogens (tertiary/aromatic N) is 2. The van der Waals surface area contributed by atoms with Crippen LogP contribution >= 0.6 is 23.2 Å². The summed E-state index contributed by atoms with van der Waals surface area (Å²) in [4.78, 5) is 28.2. The Balaban J connectivity index is 1.45. The van der Waals surface area contributed by atoms with Crippen LogP contribution < -0.4 is 14.9 Å². The van der Waals surface area contributed by atoms with Crippen molar-refractivity contribution in [3.63, 3.8) is 0 Å². The summed E-state index contributed by atoms with van der Waals surface area (Å²) >= 11 is 12.3. The molecule has 1 unspecified atom stereocenters. The van der Waals surface area contributed by atoms with E-state index in [9.17, 15) is 18.0 Å². The van der Waals surface area contributed by atoms with E-state index < -0.39 is 22.0 Å². The number of likely N-dealkylation sites (N-methyl/N-ethyl adjacent to an activating group) is 1. The van der Waals surface area contributed by atoms with E-state index >= 15 is 0 Å². The van der Waals surface area contributed by atoms with Crippen molar-refractivity contribution in [1.29, 1.82) is 0 Å². The summed E-state index contributed by atoms with van der Waals surface area (Å²) in [5, 5.41) is 6.41. The average Bonchev–Trinajstić information content (AvgIpc) is 2.98. The van der Waals surface area contributed by atoms with E-state index in [1.165, 1.54) is 22.5 Å². The zero-order valence-corrected chi connectivity index (χ0v) is 25.0. The fourth-order valence-corrected chi connectivity index (χ4v) is 7.78. The number of rotatable bonds is 8. The minimum absolute atomic E-state index is 0.0396. The molecular formula is C30H32Cl2N4O4S. The highest BCUT2D eigenvalue weighted by atomic mass is 35.5. The van der Waals surface area contributed by atoms with Crippen molar-refractivity contribution in [3.8, 4) is 11.1 Å². The molecule has 0 radical (unpaired) electrons. The monoisotopic (exact) mass is 614 g/mol. The second-order valence-electron chi connectivity index (χ2n) is 10.1. The van der Waals surface area contributed by atoms with Gasteiger partial charge in [0, 0.05) is 18.2 Å². The lowest BCUT2D eigenvalue weighted by molar-refractivity contribution is -0.135. The van der Waals surface area contributed by atoms with Crippen LogP contribution in [0.15, 0.2) is 71.6 Å². The summed E-state index contributed by atoms with van der Waals surface area (Å²) in [5.74, 6) is -0.573. The number of sulfonamides is 1. The SMILES string of the molecule is CCN(C(=O)CNC(=O)CC1c2ccccc2-c2ccccc2N1S(=O)(=O)c1ccc(Cl)c(Cl)c1)C1CCNCC1. The lowest BCUT2D eigenvalue weighted by Gasteiger charge is -2.39. The fourth-order valence-electron chi connectivity index (χ4n) is 5.74. The van der Waals surface area contributed by atoms with Crippen LogP contribution in [-0.4, -0.2) is 57.4 Å². The van der Waals surface area contributed by atoms with Gasteiger partial charge in [0.2, 0.25) is 11.8 Å². The molecular weight excluding hydrogens is 583 g/mol. The second kappa shape index (κ2) is 12.4. The predicted molar refractivity (Wildman–Crippen MR) is 162 cm³/mol. The summed E-state index contributed by atoms with van der Waals surface area (Å²) < 4.78 is 29.7. The van der Waals surface area contributed by atoms with E-state index in [0.29, 0.717) is 17.8 Å². The summed E-state index contributed by atoms with van der Waals surface area (Å²) in [6.07, 6.45) is 1.55. The van der Waals surface area contributed by atoms with Gasteiger partial charge in [-0.05, 0) is 68.2 Å².